The normalized spacial score (nSPS) is 21.5. The van der Waals surface area contributed by atoms with Crippen molar-refractivity contribution >= 4 is 17.2 Å². The van der Waals surface area contributed by atoms with Gasteiger partial charge in [0.05, 0.1) is 17.8 Å². The fourth-order valence-electron chi connectivity index (χ4n) is 4.51. The molecule has 1 saturated carbocycles. The van der Waals surface area contributed by atoms with Crippen molar-refractivity contribution < 1.29 is 22.8 Å². The van der Waals surface area contributed by atoms with Gasteiger partial charge in [-0.15, -0.1) is 0 Å². The molecule has 4 rings (SSSR count). The minimum Gasteiger partial charge on any atom is -0.464 e. The van der Waals surface area contributed by atoms with E-state index in [0.29, 0.717) is 16.9 Å². The summed E-state index contributed by atoms with van der Waals surface area (Å²) in [6.45, 7) is 3.98. The Labute approximate surface area is 190 Å². The fourth-order valence-corrected chi connectivity index (χ4v) is 5.43. The number of thiazole rings is 1. The van der Waals surface area contributed by atoms with Gasteiger partial charge in [0.1, 0.15) is 5.76 Å². The van der Waals surface area contributed by atoms with Crippen molar-refractivity contribution in [3.8, 4) is 5.19 Å². The number of carbonyl (C=O) groups is 1. The molecule has 0 unspecified atom stereocenters. The van der Waals surface area contributed by atoms with Crippen molar-refractivity contribution in [3.05, 3.63) is 28.1 Å². The van der Waals surface area contributed by atoms with Gasteiger partial charge in [-0.25, -0.2) is 13.8 Å². The van der Waals surface area contributed by atoms with Gasteiger partial charge in [-0.2, -0.15) is 0 Å². The molecule has 32 heavy (non-hydrogen) atoms. The van der Waals surface area contributed by atoms with Crippen LogP contribution in [0.4, 0.5) is 8.78 Å². The van der Waals surface area contributed by atoms with E-state index in [4.69, 9.17) is 9.26 Å². The third-order valence-electron chi connectivity index (χ3n) is 6.20. The van der Waals surface area contributed by atoms with Crippen LogP contribution in [0.1, 0.15) is 54.1 Å². The molecule has 0 bridgehead atoms. The maximum Gasteiger partial charge on any atom is 0.273 e. The van der Waals surface area contributed by atoms with Gasteiger partial charge >= 0.3 is 0 Å². The summed E-state index contributed by atoms with van der Waals surface area (Å²) in [4.78, 5) is 20.2. The number of hydrogen-bond donors (Lipinski definition) is 1. The van der Waals surface area contributed by atoms with E-state index in [1.807, 2.05) is 6.92 Å². The topological polar surface area (TPSA) is 80.5 Å². The summed E-state index contributed by atoms with van der Waals surface area (Å²) in [5.74, 6) is 1.27. The second kappa shape index (κ2) is 10.7. The van der Waals surface area contributed by atoms with Crippen LogP contribution in [0.3, 0.4) is 0 Å². The molecular formula is C22H30F2N4O3S. The highest BCUT2D eigenvalue weighted by Crippen LogP contribution is 2.31. The molecule has 7 nitrogen and oxygen atoms in total. The van der Waals surface area contributed by atoms with Gasteiger partial charge < -0.3 is 14.6 Å². The van der Waals surface area contributed by atoms with Crippen LogP contribution in [0.25, 0.3) is 0 Å². The zero-order valence-corrected chi connectivity index (χ0v) is 19.1. The molecule has 2 aliphatic rings. The Bertz CT molecular complexity index is 896. The van der Waals surface area contributed by atoms with E-state index in [1.54, 1.807) is 6.07 Å². The first-order valence-electron chi connectivity index (χ1n) is 11.3. The second-order valence-electron chi connectivity index (χ2n) is 8.76. The largest absolute Gasteiger partial charge is 0.464 e. The monoisotopic (exact) mass is 468 g/mol. The van der Waals surface area contributed by atoms with Crippen molar-refractivity contribution in [3.63, 3.8) is 0 Å². The maximum absolute atomic E-state index is 12.3. The lowest BCUT2D eigenvalue weighted by atomic mass is 9.84. The van der Waals surface area contributed by atoms with Crippen LogP contribution in [0.2, 0.25) is 0 Å². The van der Waals surface area contributed by atoms with Crippen molar-refractivity contribution in [1.82, 2.24) is 20.4 Å². The number of nitrogens with one attached hydrogen (secondary N) is 1. The Hall–Kier alpha value is -2.07. The molecule has 1 fully saturated rings. The van der Waals surface area contributed by atoms with E-state index in [2.05, 4.69) is 20.4 Å². The lowest BCUT2D eigenvalue weighted by molar-refractivity contribution is -0.121. The molecule has 2 aromatic rings. The number of amides is 1. The van der Waals surface area contributed by atoms with Crippen LogP contribution < -0.4 is 10.1 Å². The summed E-state index contributed by atoms with van der Waals surface area (Å²) in [6.07, 6.45) is 4.04. The molecule has 2 aromatic heterocycles. The molecule has 1 aliphatic carbocycles. The summed E-state index contributed by atoms with van der Waals surface area (Å²) in [5, 5.41) is 7.31. The number of fused-ring (bicyclic) bond motifs is 1. The van der Waals surface area contributed by atoms with Gasteiger partial charge in [0.25, 0.3) is 11.6 Å². The number of hydrogen-bond acceptors (Lipinski definition) is 7. The van der Waals surface area contributed by atoms with Crippen LogP contribution in [0, 0.1) is 12.8 Å². The van der Waals surface area contributed by atoms with Crippen LogP contribution in [0.5, 0.6) is 5.19 Å². The zero-order valence-electron chi connectivity index (χ0n) is 18.3. The Kier molecular flexibility index (Phi) is 7.72. The Morgan fingerprint density at radius 1 is 1.38 bits per heavy atom. The van der Waals surface area contributed by atoms with E-state index < -0.39 is 13.0 Å². The van der Waals surface area contributed by atoms with Gasteiger partial charge in [-0.1, -0.05) is 16.5 Å². The predicted octanol–water partition coefficient (Wildman–Crippen LogP) is 3.75. The van der Waals surface area contributed by atoms with Gasteiger partial charge in [0, 0.05) is 30.1 Å². The number of alkyl halides is 2. The Balaban J connectivity index is 1.14. The first kappa shape index (κ1) is 23.1. The number of halogens is 2. The summed E-state index contributed by atoms with van der Waals surface area (Å²) >= 11 is 1.39. The van der Waals surface area contributed by atoms with Crippen molar-refractivity contribution in [2.75, 3.05) is 19.7 Å². The van der Waals surface area contributed by atoms with Crippen molar-refractivity contribution in [2.24, 2.45) is 5.92 Å². The van der Waals surface area contributed by atoms with Crippen LogP contribution >= 0.6 is 11.3 Å². The molecule has 0 aromatic carbocycles. The smallest absolute Gasteiger partial charge is 0.273 e. The van der Waals surface area contributed by atoms with E-state index in [9.17, 15) is 13.6 Å². The molecule has 0 radical (unpaired) electrons. The number of aryl methyl sites for hydroxylation is 1. The summed E-state index contributed by atoms with van der Waals surface area (Å²) in [5.41, 5.74) is 1.76. The van der Waals surface area contributed by atoms with Gasteiger partial charge in [-0.05, 0) is 57.9 Å². The van der Waals surface area contributed by atoms with Crippen LogP contribution in [-0.2, 0) is 24.2 Å². The highest BCUT2D eigenvalue weighted by atomic mass is 32.1. The zero-order chi connectivity index (χ0) is 22.5. The lowest BCUT2D eigenvalue weighted by Gasteiger charge is -2.31. The number of ether oxygens (including phenoxy) is 1. The second-order valence-corrected chi connectivity index (χ2v) is 9.81. The minimum atomic E-state index is -2.48. The molecule has 0 atom stereocenters. The summed E-state index contributed by atoms with van der Waals surface area (Å²) < 4.78 is 34.9. The molecule has 3 heterocycles. The highest BCUT2D eigenvalue weighted by molar-refractivity contribution is 7.13. The number of aromatic nitrogens is 2. The summed E-state index contributed by atoms with van der Waals surface area (Å²) in [6, 6.07) is 2.03. The Morgan fingerprint density at radius 3 is 2.91 bits per heavy atom. The first-order chi connectivity index (χ1) is 15.4. The first-order valence-corrected chi connectivity index (χ1v) is 12.1. The number of rotatable bonds is 9. The van der Waals surface area contributed by atoms with E-state index in [1.165, 1.54) is 11.3 Å². The third-order valence-corrected chi connectivity index (χ3v) is 7.27. The Morgan fingerprint density at radius 2 is 2.19 bits per heavy atom. The SMILES string of the molecule is Cc1cc(CC(=O)NC2CCC(CCN3CCc4sc(OCC(F)F)nc4C3)CC2)on1. The number of nitrogens with zero attached hydrogens (tertiary/aromatic N) is 3. The van der Waals surface area contributed by atoms with E-state index in [0.717, 1.165) is 74.4 Å². The predicted molar refractivity (Wildman–Crippen MR) is 116 cm³/mol. The quantitative estimate of drug-likeness (QED) is 0.604. The van der Waals surface area contributed by atoms with Gasteiger partial charge in [0.15, 0.2) is 6.61 Å². The van der Waals surface area contributed by atoms with Gasteiger partial charge in [0.2, 0.25) is 5.91 Å². The van der Waals surface area contributed by atoms with Gasteiger partial charge in [-0.3, -0.25) is 9.69 Å². The minimum absolute atomic E-state index is 0.00566. The van der Waals surface area contributed by atoms with Crippen molar-refractivity contribution in [1.29, 1.82) is 0 Å². The van der Waals surface area contributed by atoms with E-state index in [-0.39, 0.29) is 18.4 Å². The molecule has 10 heteroatoms. The highest BCUT2D eigenvalue weighted by Gasteiger charge is 2.25. The number of carbonyl (C=O) groups excluding carboxylic acids is 1. The molecule has 176 valence electrons. The average Bonchev–Trinajstić information content (AvgIpc) is 3.36. The standard InChI is InChI=1S/C22H30F2N4O3S/c1-14-10-17(31-27-14)11-21(29)25-16-4-2-15(3-5-16)6-8-28-9-7-19-18(12-28)26-22(32-19)30-13-20(23)24/h10,15-16,20H,2-9,11-13H2,1H3,(H,25,29). The van der Waals surface area contributed by atoms with E-state index >= 15 is 0 Å². The molecular weight excluding hydrogens is 438 g/mol. The average molecular weight is 469 g/mol. The molecule has 1 N–H and O–H groups in total. The maximum atomic E-state index is 12.3. The fraction of sp³-hybridized carbons (Fsp3) is 0.682. The molecule has 0 saturated heterocycles. The molecule has 1 amide bonds. The molecule has 1 aliphatic heterocycles. The van der Waals surface area contributed by atoms with Crippen LogP contribution in [0.15, 0.2) is 10.6 Å². The van der Waals surface area contributed by atoms with Crippen LogP contribution in [-0.4, -0.2) is 53.1 Å². The summed E-state index contributed by atoms with van der Waals surface area (Å²) in [7, 11) is 0. The van der Waals surface area contributed by atoms with Crippen molar-refractivity contribution in [2.45, 2.75) is 70.9 Å². The third kappa shape index (κ3) is 6.48. The molecule has 0 spiro atoms. The lowest BCUT2D eigenvalue weighted by Crippen LogP contribution is -2.39.